The van der Waals surface area contributed by atoms with E-state index in [1.165, 1.54) is 11.6 Å². The highest BCUT2D eigenvalue weighted by molar-refractivity contribution is 5.35. The van der Waals surface area contributed by atoms with Crippen LogP contribution in [0.1, 0.15) is 16.8 Å². The summed E-state index contributed by atoms with van der Waals surface area (Å²) >= 11 is 0. The van der Waals surface area contributed by atoms with Gasteiger partial charge >= 0.3 is 0 Å². The predicted octanol–water partition coefficient (Wildman–Crippen LogP) is 1.66. The van der Waals surface area contributed by atoms with Crippen LogP contribution in [0.5, 0.6) is 0 Å². The van der Waals surface area contributed by atoms with E-state index < -0.39 is 0 Å². The third kappa shape index (κ3) is 6.27. The number of aromatic nitrogens is 1. The van der Waals surface area contributed by atoms with Gasteiger partial charge in [0.1, 0.15) is 11.6 Å². The SMILES string of the molecule is Cc1cc(C[C@H]2CNC[C@H]2NCCNCCc2cccc(F)c2)cc(N)n1. The number of halogens is 1. The third-order valence-corrected chi connectivity index (χ3v) is 5.06. The molecule has 146 valence electrons. The molecule has 27 heavy (non-hydrogen) atoms. The summed E-state index contributed by atoms with van der Waals surface area (Å²) < 4.78 is 13.2. The number of nitrogens with two attached hydrogens (primary N) is 1. The van der Waals surface area contributed by atoms with Gasteiger partial charge in [0, 0.05) is 31.4 Å². The molecule has 1 fully saturated rings. The van der Waals surface area contributed by atoms with Gasteiger partial charge in [-0.25, -0.2) is 9.37 Å². The van der Waals surface area contributed by atoms with Crippen LogP contribution in [0.3, 0.4) is 0 Å². The molecule has 0 radical (unpaired) electrons. The van der Waals surface area contributed by atoms with Gasteiger partial charge < -0.3 is 21.7 Å². The standard InChI is InChI=1S/C21H30FN5/c1-15-9-17(12-21(23)27-15)10-18-13-25-14-20(18)26-8-7-24-6-5-16-3-2-4-19(22)11-16/h2-4,9,11-12,18,20,24-26H,5-8,10,13-14H2,1H3,(H2,23,27)/t18-,20+/m0/s1. The molecule has 0 spiro atoms. The molecule has 0 amide bonds. The zero-order valence-corrected chi connectivity index (χ0v) is 16.0. The lowest BCUT2D eigenvalue weighted by atomic mass is 9.95. The van der Waals surface area contributed by atoms with E-state index in [1.54, 1.807) is 12.1 Å². The topological polar surface area (TPSA) is 75.0 Å². The summed E-state index contributed by atoms with van der Waals surface area (Å²) in [6.07, 6.45) is 1.85. The van der Waals surface area contributed by atoms with Crippen molar-refractivity contribution in [1.29, 1.82) is 0 Å². The predicted molar refractivity (Wildman–Crippen MR) is 108 cm³/mol. The zero-order chi connectivity index (χ0) is 19.1. The van der Waals surface area contributed by atoms with Crippen LogP contribution in [0.25, 0.3) is 0 Å². The lowest BCUT2D eigenvalue weighted by Gasteiger charge is -2.20. The van der Waals surface area contributed by atoms with Gasteiger partial charge in [-0.3, -0.25) is 0 Å². The van der Waals surface area contributed by atoms with E-state index in [0.29, 0.717) is 17.8 Å². The number of nitrogens with zero attached hydrogens (tertiary/aromatic N) is 1. The zero-order valence-electron chi connectivity index (χ0n) is 16.0. The van der Waals surface area contributed by atoms with Gasteiger partial charge in [0.25, 0.3) is 0 Å². The van der Waals surface area contributed by atoms with Crippen molar-refractivity contribution in [2.24, 2.45) is 5.92 Å². The van der Waals surface area contributed by atoms with Crippen molar-refractivity contribution < 1.29 is 4.39 Å². The molecule has 0 bridgehead atoms. The van der Waals surface area contributed by atoms with E-state index in [9.17, 15) is 4.39 Å². The van der Waals surface area contributed by atoms with Crippen molar-refractivity contribution in [3.8, 4) is 0 Å². The molecule has 0 saturated carbocycles. The van der Waals surface area contributed by atoms with Crippen molar-refractivity contribution in [3.05, 3.63) is 59.0 Å². The maximum atomic E-state index is 13.2. The Morgan fingerprint density at radius 1 is 1.15 bits per heavy atom. The molecule has 2 aromatic rings. The Labute approximate surface area is 161 Å². The Morgan fingerprint density at radius 2 is 2.04 bits per heavy atom. The Kier molecular flexibility index (Phi) is 7.15. The fraction of sp³-hybridized carbons (Fsp3) is 0.476. The third-order valence-electron chi connectivity index (χ3n) is 5.06. The van der Waals surface area contributed by atoms with E-state index in [4.69, 9.17) is 5.73 Å². The molecule has 1 aromatic heterocycles. The van der Waals surface area contributed by atoms with Crippen molar-refractivity contribution in [1.82, 2.24) is 20.9 Å². The second kappa shape index (κ2) is 9.78. The smallest absolute Gasteiger partial charge is 0.123 e. The maximum absolute atomic E-state index is 13.2. The molecular formula is C21H30FN5. The molecule has 1 aromatic carbocycles. The first-order valence-corrected chi connectivity index (χ1v) is 9.72. The average Bonchev–Trinajstić information content (AvgIpc) is 3.04. The molecule has 2 heterocycles. The summed E-state index contributed by atoms with van der Waals surface area (Å²) in [4.78, 5) is 4.25. The van der Waals surface area contributed by atoms with Gasteiger partial charge in [0.2, 0.25) is 0 Å². The minimum atomic E-state index is -0.167. The molecule has 6 heteroatoms. The van der Waals surface area contributed by atoms with Crippen LogP contribution in [0.2, 0.25) is 0 Å². The van der Waals surface area contributed by atoms with Gasteiger partial charge in [-0.1, -0.05) is 12.1 Å². The first-order chi connectivity index (χ1) is 13.1. The monoisotopic (exact) mass is 371 g/mol. The lowest BCUT2D eigenvalue weighted by molar-refractivity contribution is 0.422. The Bertz CT molecular complexity index is 716. The first-order valence-electron chi connectivity index (χ1n) is 9.72. The van der Waals surface area contributed by atoms with E-state index in [1.807, 2.05) is 19.1 Å². The highest BCUT2D eigenvalue weighted by Gasteiger charge is 2.26. The minimum absolute atomic E-state index is 0.167. The second-order valence-electron chi connectivity index (χ2n) is 7.35. The van der Waals surface area contributed by atoms with Crippen molar-refractivity contribution in [2.75, 3.05) is 38.5 Å². The molecular weight excluding hydrogens is 341 g/mol. The van der Waals surface area contributed by atoms with Crippen LogP contribution in [-0.4, -0.2) is 43.7 Å². The van der Waals surface area contributed by atoms with Crippen LogP contribution in [0, 0.1) is 18.7 Å². The van der Waals surface area contributed by atoms with E-state index in [0.717, 1.165) is 56.8 Å². The molecule has 1 aliphatic heterocycles. The second-order valence-corrected chi connectivity index (χ2v) is 7.35. The summed E-state index contributed by atoms with van der Waals surface area (Å²) in [6, 6.07) is 11.4. The number of nitrogen functional groups attached to an aromatic ring is 1. The highest BCUT2D eigenvalue weighted by Crippen LogP contribution is 2.18. The fourth-order valence-electron chi connectivity index (χ4n) is 3.77. The first kappa shape index (κ1) is 19.7. The number of benzene rings is 1. The summed E-state index contributed by atoms with van der Waals surface area (Å²) in [6.45, 7) is 6.67. The van der Waals surface area contributed by atoms with Crippen LogP contribution < -0.4 is 21.7 Å². The van der Waals surface area contributed by atoms with E-state index in [-0.39, 0.29) is 5.82 Å². The van der Waals surface area contributed by atoms with Crippen LogP contribution >= 0.6 is 0 Å². The molecule has 1 saturated heterocycles. The number of hydrogen-bond donors (Lipinski definition) is 4. The van der Waals surface area contributed by atoms with Gasteiger partial charge in [0.05, 0.1) is 0 Å². The summed E-state index contributed by atoms with van der Waals surface area (Å²) in [5, 5.41) is 10.6. The largest absolute Gasteiger partial charge is 0.384 e. The average molecular weight is 372 g/mol. The van der Waals surface area contributed by atoms with Crippen molar-refractivity contribution >= 4 is 5.82 Å². The lowest BCUT2D eigenvalue weighted by Crippen LogP contribution is -2.40. The van der Waals surface area contributed by atoms with E-state index >= 15 is 0 Å². The quantitative estimate of drug-likeness (QED) is 0.505. The minimum Gasteiger partial charge on any atom is -0.384 e. The summed E-state index contributed by atoms with van der Waals surface area (Å²) in [5.74, 6) is 0.988. The van der Waals surface area contributed by atoms with Crippen molar-refractivity contribution in [3.63, 3.8) is 0 Å². The molecule has 3 rings (SSSR count). The number of hydrogen-bond acceptors (Lipinski definition) is 5. The fourth-order valence-corrected chi connectivity index (χ4v) is 3.77. The normalized spacial score (nSPS) is 19.5. The number of anilines is 1. The summed E-state index contributed by atoms with van der Waals surface area (Å²) in [7, 11) is 0. The van der Waals surface area contributed by atoms with Gasteiger partial charge in [-0.15, -0.1) is 0 Å². The van der Waals surface area contributed by atoms with Crippen LogP contribution in [-0.2, 0) is 12.8 Å². The van der Waals surface area contributed by atoms with Crippen LogP contribution in [0.4, 0.5) is 10.2 Å². The molecule has 0 unspecified atom stereocenters. The van der Waals surface area contributed by atoms with Gasteiger partial charge in [-0.2, -0.15) is 0 Å². The molecule has 5 nitrogen and oxygen atoms in total. The molecule has 5 N–H and O–H groups in total. The molecule has 2 atom stereocenters. The van der Waals surface area contributed by atoms with Crippen LogP contribution in [0.15, 0.2) is 36.4 Å². The van der Waals surface area contributed by atoms with E-state index in [2.05, 4.69) is 27.0 Å². The number of rotatable bonds is 9. The molecule has 1 aliphatic rings. The van der Waals surface area contributed by atoms with Gasteiger partial charge in [-0.05, 0) is 74.2 Å². The highest BCUT2D eigenvalue weighted by atomic mass is 19.1. The molecule has 0 aliphatic carbocycles. The summed E-state index contributed by atoms with van der Waals surface area (Å²) in [5.41, 5.74) is 9.14. The van der Waals surface area contributed by atoms with Crippen molar-refractivity contribution in [2.45, 2.75) is 25.8 Å². The van der Waals surface area contributed by atoms with Gasteiger partial charge in [0.15, 0.2) is 0 Å². The number of aryl methyl sites for hydroxylation is 1. The number of pyridine rings is 1. The Hall–Kier alpha value is -2.02. The number of nitrogens with one attached hydrogen (secondary N) is 3. The maximum Gasteiger partial charge on any atom is 0.123 e. The Balaban J connectivity index is 1.36. The Morgan fingerprint density at radius 3 is 2.85 bits per heavy atom.